The number of ether oxygens (including phenoxy) is 2. The fourth-order valence-electron chi connectivity index (χ4n) is 0.965. The summed E-state index contributed by atoms with van der Waals surface area (Å²) in [5.41, 5.74) is 4.77. The van der Waals surface area contributed by atoms with Gasteiger partial charge in [-0.15, -0.1) is 13.2 Å². The largest absolute Gasteiger partial charge is 0.574 e. The molecule has 0 saturated carbocycles. The van der Waals surface area contributed by atoms with E-state index in [-0.39, 0.29) is 11.6 Å². The highest BCUT2D eigenvalue weighted by molar-refractivity contribution is 5.54. The van der Waals surface area contributed by atoms with Gasteiger partial charge in [-0.05, 0) is 0 Å². The number of rotatable bonds is 2. The van der Waals surface area contributed by atoms with E-state index in [2.05, 4.69) is 14.5 Å². The van der Waals surface area contributed by atoms with E-state index in [1.165, 1.54) is 13.2 Å². The van der Waals surface area contributed by atoms with Gasteiger partial charge in [0.2, 0.25) is 5.88 Å². The second kappa shape index (κ2) is 4.14. The fourth-order valence-corrected chi connectivity index (χ4v) is 0.965. The molecule has 1 rings (SSSR count). The van der Waals surface area contributed by atoms with Gasteiger partial charge < -0.3 is 15.2 Å². The molecule has 0 saturated heterocycles. The van der Waals surface area contributed by atoms with Gasteiger partial charge in [-0.2, -0.15) is 10.2 Å². The van der Waals surface area contributed by atoms with Crippen LogP contribution >= 0.6 is 0 Å². The minimum atomic E-state index is -4.95. The molecule has 0 spiro atoms. The molecular formula is C8H6F3N3O2. The maximum atomic E-state index is 12.0. The van der Waals surface area contributed by atoms with Crippen molar-refractivity contribution in [3.63, 3.8) is 0 Å². The number of pyridine rings is 1. The molecule has 1 aromatic heterocycles. The molecular weight excluding hydrogens is 227 g/mol. The molecule has 2 N–H and O–H groups in total. The molecule has 86 valence electrons. The lowest BCUT2D eigenvalue weighted by molar-refractivity contribution is -0.276. The van der Waals surface area contributed by atoms with E-state index >= 15 is 0 Å². The van der Waals surface area contributed by atoms with E-state index in [1.807, 2.05) is 0 Å². The summed E-state index contributed by atoms with van der Waals surface area (Å²) in [6, 6.07) is 2.62. The summed E-state index contributed by atoms with van der Waals surface area (Å²) >= 11 is 0. The van der Waals surface area contributed by atoms with E-state index in [9.17, 15) is 13.2 Å². The Hall–Kier alpha value is -2.17. The Morgan fingerprint density at radius 3 is 2.56 bits per heavy atom. The number of nitriles is 1. The summed E-state index contributed by atoms with van der Waals surface area (Å²) in [7, 11) is 1.19. The van der Waals surface area contributed by atoms with Gasteiger partial charge in [0.25, 0.3) is 0 Å². The molecule has 0 fully saturated rings. The number of nitrogens with zero attached hydrogens (tertiary/aromatic N) is 2. The molecule has 0 radical (unpaired) electrons. The van der Waals surface area contributed by atoms with Crippen molar-refractivity contribution in [2.24, 2.45) is 0 Å². The van der Waals surface area contributed by atoms with Gasteiger partial charge in [-0.1, -0.05) is 0 Å². The van der Waals surface area contributed by atoms with E-state index in [0.717, 1.165) is 6.07 Å². The molecule has 1 heterocycles. The summed E-state index contributed by atoms with van der Waals surface area (Å²) in [5.74, 6) is -1.30. The van der Waals surface area contributed by atoms with Gasteiger partial charge in [0.1, 0.15) is 17.6 Å². The minimum Gasteiger partial charge on any atom is -0.495 e. The molecule has 0 aliphatic rings. The number of halogens is 3. The molecule has 8 heteroatoms. The Morgan fingerprint density at radius 2 is 2.12 bits per heavy atom. The molecule has 0 unspecified atom stereocenters. The zero-order valence-corrected chi connectivity index (χ0v) is 8.00. The molecule has 1 aromatic rings. The van der Waals surface area contributed by atoms with Crippen LogP contribution in [0.15, 0.2) is 6.07 Å². The van der Waals surface area contributed by atoms with Crippen LogP contribution in [0.2, 0.25) is 0 Å². The lowest BCUT2D eigenvalue weighted by Gasteiger charge is -2.11. The molecule has 0 amide bonds. The summed E-state index contributed by atoms with van der Waals surface area (Å²) < 4.78 is 44.2. The van der Waals surface area contributed by atoms with Gasteiger partial charge in [-0.25, -0.2) is 0 Å². The zero-order chi connectivity index (χ0) is 12.3. The SMILES string of the molecule is COc1cc(N)nc(OC(F)(F)F)c1C#N. The van der Waals surface area contributed by atoms with Crippen LogP contribution in [-0.4, -0.2) is 18.5 Å². The number of hydrogen-bond acceptors (Lipinski definition) is 5. The Labute approximate surface area is 88.2 Å². The molecule has 0 atom stereocenters. The van der Waals surface area contributed by atoms with Crippen molar-refractivity contribution in [1.29, 1.82) is 5.26 Å². The summed E-state index contributed by atoms with van der Waals surface area (Å²) in [6.45, 7) is 0. The highest BCUT2D eigenvalue weighted by Crippen LogP contribution is 2.31. The number of anilines is 1. The van der Waals surface area contributed by atoms with Gasteiger partial charge in [0.15, 0.2) is 5.56 Å². The first-order valence-electron chi connectivity index (χ1n) is 3.87. The average Bonchev–Trinajstić information content (AvgIpc) is 2.14. The van der Waals surface area contributed by atoms with Gasteiger partial charge in [0.05, 0.1) is 7.11 Å². The molecule has 0 aliphatic heterocycles. The Kier molecular flexibility index (Phi) is 3.08. The number of nitrogen functional groups attached to an aromatic ring is 1. The van der Waals surface area contributed by atoms with Gasteiger partial charge >= 0.3 is 6.36 Å². The first kappa shape index (κ1) is 11.9. The number of nitrogens with two attached hydrogens (primary N) is 1. The second-order valence-electron chi connectivity index (χ2n) is 2.59. The lowest BCUT2D eigenvalue weighted by Crippen LogP contribution is -2.19. The van der Waals surface area contributed by atoms with Crippen LogP contribution in [0.25, 0.3) is 0 Å². The smallest absolute Gasteiger partial charge is 0.495 e. The fraction of sp³-hybridized carbons (Fsp3) is 0.250. The number of hydrogen-bond donors (Lipinski definition) is 1. The normalized spacial score (nSPS) is 10.7. The van der Waals surface area contributed by atoms with E-state index in [1.54, 1.807) is 0 Å². The third-order valence-electron chi connectivity index (χ3n) is 1.51. The zero-order valence-electron chi connectivity index (χ0n) is 8.00. The first-order chi connectivity index (χ1) is 7.37. The lowest BCUT2D eigenvalue weighted by atomic mass is 10.2. The quantitative estimate of drug-likeness (QED) is 0.835. The Morgan fingerprint density at radius 1 is 1.50 bits per heavy atom. The molecule has 0 bridgehead atoms. The molecule has 5 nitrogen and oxygen atoms in total. The maximum absolute atomic E-state index is 12.0. The minimum absolute atomic E-state index is 0.130. The van der Waals surface area contributed by atoms with Crippen molar-refractivity contribution < 1.29 is 22.6 Å². The van der Waals surface area contributed by atoms with Crippen LogP contribution < -0.4 is 15.2 Å². The summed E-state index contributed by atoms with van der Waals surface area (Å²) in [6.07, 6.45) is -4.95. The predicted molar refractivity (Wildman–Crippen MR) is 46.6 cm³/mol. The van der Waals surface area contributed by atoms with Crippen molar-refractivity contribution in [3.05, 3.63) is 11.6 Å². The van der Waals surface area contributed by atoms with E-state index in [0.29, 0.717) is 0 Å². The van der Waals surface area contributed by atoms with E-state index in [4.69, 9.17) is 11.0 Å². The van der Waals surface area contributed by atoms with Crippen LogP contribution in [0.4, 0.5) is 19.0 Å². The number of aromatic nitrogens is 1. The monoisotopic (exact) mass is 233 g/mol. The highest BCUT2D eigenvalue weighted by Gasteiger charge is 2.34. The topological polar surface area (TPSA) is 81.2 Å². The molecule has 0 aliphatic carbocycles. The summed E-state index contributed by atoms with van der Waals surface area (Å²) in [5, 5.41) is 8.66. The average molecular weight is 233 g/mol. The van der Waals surface area contributed by atoms with Crippen molar-refractivity contribution in [1.82, 2.24) is 4.98 Å². The highest BCUT2D eigenvalue weighted by atomic mass is 19.4. The van der Waals surface area contributed by atoms with Gasteiger partial charge in [0, 0.05) is 6.07 Å². The predicted octanol–water partition coefficient (Wildman–Crippen LogP) is 1.44. The second-order valence-corrected chi connectivity index (χ2v) is 2.59. The third-order valence-corrected chi connectivity index (χ3v) is 1.51. The van der Waals surface area contributed by atoms with Crippen molar-refractivity contribution >= 4 is 5.82 Å². The standard InChI is InChI=1S/C8H6F3N3O2/c1-15-5-2-6(13)14-7(4(5)3-12)16-8(9,10)11/h2H,1H3,(H2,13,14). The maximum Gasteiger partial charge on any atom is 0.574 e. The molecule has 0 aromatic carbocycles. The van der Waals surface area contributed by atoms with E-state index < -0.39 is 17.8 Å². The van der Waals surface area contributed by atoms with Crippen molar-refractivity contribution in [2.45, 2.75) is 6.36 Å². The number of alkyl halides is 3. The van der Waals surface area contributed by atoms with Crippen LogP contribution in [0, 0.1) is 11.3 Å². The van der Waals surface area contributed by atoms with Gasteiger partial charge in [-0.3, -0.25) is 0 Å². The first-order valence-corrected chi connectivity index (χ1v) is 3.87. The Bertz CT molecular complexity index is 439. The van der Waals surface area contributed by atoms with Crippen LogP contribution in [0.3, 0.4) is 0 Å². The third kappa shape index (κ3) is 2.66. The van der Waals surface area contributed by atoms with Crippen molar-refractivity contribution in [2.75, 3.05) is 12.8 Å². The van der Waals surface area contributed by atoms with Crippen LogP contribution in [0.1, 0.15) is 5.56 Å². The van der Waals surface area contributed by atoms with Crippen LogP contribution in [0.5, 0.6) is 11.6 Å². The van der Waals surface area contributed by atoms with Crippen molar-refractivity contribution in [3.8, 4) is 17.7 Å². The molecule has 16 heavy (non-hydrogen) atoms. The number of methoxy groups -OCH3 is 1. The Balaban J connectivity index is 3.27. The summed E-state index contributed by atoms with van der Waals surface area (Å²) in [4.78, 5) is 3.27. The van der Waals surface area contributed by atoms with Crippen LogP contribution in [-0.2, 0) is 0 Å².